The number of nitrogen functional groups attached to an aromatic ring is 1. The number of halogens is 1. The molecule has 0 bridgehead atoms. The Morgan fingerprint density at radius 3 is 2.76 bits per heavy atom. The molecule has 3 aromatic rings. The number of H-pyrrole nitrogens is 1. The summed E-state index contributed by atoms with van der Waals surface area (Å²) in [6, 6.07) is 9.14. The van der Waals surface area contributed by atoms with Gasteiger partial charge in [-0.3, -0.25) is 4.79 Å². The molecule has 0 aliphatic heterocycles. The van der Waals surface area contributed by atoms with Crippen molar-refractivity contribution >= 4 is 22.4 Å². The van der Waals surface area contributed by atoms with Crippen LogP contribution in [-0.4, -0.2) is 17.9 Å². The van der Waals surface area contributed by atoms with Crippen molar-refractivity contribution in [3.05, 3.63) is 59.5 Å². The SMILES string of the molecule is COc1ccc2[nH]cc(C(=O)c3cc(F)ccc3N)c2c1. The highest BCUT2D eigenvalue weighted by molar-refractivity contribution is 6.18. The van der Waals surface area contributed by atoms with Crippen molar-refractivity contribution in [3.8, 4) is 5.75 Å². The highest BCUT2D eigenvalue weighted by Gasteiger charge is 2.17. The van der Waals surface area contributed by atoms with Gasteiger partial charge in [-0.05, 0) is 36.4 Å². The van der Waals surface area contributed by atoms with Crippen LogP contribution in [-0.2, 0) is 0 Å². The molecule has 4 nitrogen and oxygen atoms in total. The summed E-state index contributed by atoms with van der Waals surface area (Å²) < 4.78 is 18.5. The molecule has 0 spiro atoms. The molecule has 0 radical (unpaired) electrons. The van der Waals surface area contributed by atoms with Gasteiger partial charge in [0.1, 0.15) is 11.6 Å². The molecule has 0 saturated carbocycles. The zero-order valence-corrected chi connectivity index (χ0v) is 11.3. The molecule has 0 aliphatic carbocycles. The lowest BCUT2D eigenvalue weighted by Gasteiger charge is -2.05. The van der Waals surface area contributed by atoms with Gasteiger partial charge in [0.25, 0.3) is 0 Å². The monoisotopic (exact) mass is 284 g/mol. The van der Waals surface area contributed by atoms with E-state index in [-0.39, 0.29) is 17.0 Å². The van der Waals surface area contributed by atoms with Crippen LogP contribution < -0.4 is 10.5 Å². The lowest BCUT2D eigenvalue weighted by molar-refractivity contribution is 0.104. The molecule has 2 aromatic carbocycles. The maximum absolute atomic E-state index is 13.3. The van der Waals surface area contributed by atoms with E-state index in [9.17, 15) is 9.18 Å². The van der Waals surface area contributed by atoms with Crippen LogP contribution in [0.1, 0.15) is 15.9 Å². The van der Waals surface area contributed by atoms with E-state index in [1.165, 1.54) is 12.1 Å². The van der Waals surface area contributed by atoms with Crippen molar-refractivity contribution in [2.24, 2.45) is 0 Å². The first-order valence-corrected chi connectivity index (χ1v) is 6.35. The van der Waals surface area contributed by atoms with Crippen LogP contribution in [0, 0.1) is 5.82 Å². The standard InChI is InChI=1S/C16H13FN2O2/c1-21-10-3-5-15-11(7-10)13(8-19-15)16(20)12-6-9(17)2-4-14(12)18/h2-8,19H,18H2,1H3. The number of ether oxygens (including phenoxy) is 1. The number of rotatable bonds is 3. The predicted molar refractivity (Wildman–Crippen MR) is 79.1 cm³/mol. The van der Waals surface area contributed by atoms with Gasteiger partial charge in [-0.1, -0.05) is 0 Å². The molecule has 0 amide bonds. The Bertz CT molecular complexity index is 839. The number of fused-ring (bicyclic) bond motifs is 1. The van der Waals surface area contributed by atoms with Gasteiger partial charge in [0, 0.05) is 33.9 Å². The minimum Gasteiger partial charge on any atom is -0.497 e. The van der Waals surface area contributed by atoms with Gasteiger partial charge in [0.05, 0.1) is 7.11 Å². The molecule has 0 atom stereocenters. The zero-order valence-electron chi connectivity index (χ0n) is 11.3. The average Bonchev–Trinajstić information content (AvgIpc) is 2.91. The van der Waals surface area contributed by atoms with E-state index in [0.717, 1.165) is 11.6 Å². The third-order valence-electron chi connectivity index (χ3n) is 3.39. The largest absolute Gasteiger partial charge is 0.497 e. The number of nitrogens with one attached hydrogen (secondary N) is 1. The molecule has 0 aliphatic rings. The minimum absolute atomic E-state index is 0.152. The van der Waals surface area contributed by atoms with Gasteiger partial charge in [0.2, 0.25) is 0 Å². The fourth-order valence-corrected chi connectivity index (χ4v) is 2.28. The Morgan fingerprint density at radius 2 is 2.00 bits per heavy atom. The molecule has 1 aromatic heterocycles. The van der Waals surface area contributed by atoms with Crippen molar-refractivity contribution in [2.75, 3.05) is 12.8 Å². The maximum atomic E-state index is 13.3. The topological polar surface area (TPSA) is 68.1 Å². The summed E-state index contributed by atoms with van der Waals surface area (Å²) in [4.78, 5) is 15.6. The first-order valence-electron chi connectivity index (χ1n) is 6.35. The van der Waals surface area contributed by atoms with Gasteiger partial charge >= 0.3 is 0 Å². The van der Waals surface area contributed by atoms with Gasteiger partial charge < -0.3 is 15.5 Å². The number of carbonyl (C=O) groups excluding carboxylic acids is 1. The van der Waals surface area contributed by atoms with Crippen LogP contribution in [0.2, 0.25) is 0 Å². The summed E-state index contributed by atoms with van der Waals surface area (Å²) in [6.45, 7) is 0. The Kier molecular flexibility index (Phi) is 3.10. The minimum atomic E-state index is -0.495. The van der Waals surface area contributed by atoms with Crippen LogP contribution in [0.3, 0.4) is 0 Å². The van der Waals surface area contributed by atoms with Crippen molar-refractivity contribution in [1.82, 2.24) is 4.98 Å². The van der Waals surface area contributed by atoms with Crippen LogP contribution in [0.25, 0.3) is 10.9 Å². The van der Waals surface area contributed by atoms with Crippen LogP contribution in [0.5, 0.6) is 5.75 Å². The van der Waals surface area contributed by atoms with Gasteiger partial charge in [0.15, 0.2) is 5.78 Å². The van der Waals surface area contributed by atoms with E-state index in [1.54, 1.807) is 25.4 Å². The number of anilines is 1. The predicted octanol–water partition coefficient (Wildman–Crippen LogP) is 3.13. The molecule has 5 heteroatoms. The van der Waals surface area contributed by atoms with Gasteiger partial charge in [-0.2, -0.15) is 0 Å². The second-order valence-corrected chi connectivity index (χ2v) is 4.67. The average molecular weight is 284 g/mol. The van der Waals surface area contributed by atoms with Crippen molar-refractivity contribution < 1.29 is 13.9 Å². The number of aromatic nitrogens is 1. The second kappa shape index (κ2) is 4.94. The summed E-state index contributed by atoms with van der Waals surface area (Å²) in [6.07, 6.45) is 1.59. The van der Waals surface area contributed by atoms with Crippen LogP contribution >= 0.6 is 0 Å². The number of hydrogen-bond acceptors (Lipinski definition) is 3. The van der Waals surface area contributed by atoms with Gasteiger partial charge in [-0.15, -0.1) is 0 Å². The normalized spacial score (nSPS) is 10.8. The number of methoxy groups -OCH3 is 1. The smallest absolute Gasteiger partial charge is 0.197 e. The lowest BCUT2D eigenvalue weighted by atomic mass is 10.0. The number of nitrogens with two attached hydrogens (primary N) is 1. The highest BCUT2D eigenvalue weighted by atomic mass is 19.1. The summed E-state index contributed by atoms with van der Waals surface area (Å²) in [5.41, 5.74) is 7.41. The molecular weight excluding hydrogens is 271 g/mol. The van der Waals surface area contributed by atoms with Crippen molar-refractivity contribution in [3.63, 3.8) is 0 Å². The summed E-state index contributed by atoms with van der Waals surface area (Å²) >= 11 is 0. The molecule has 21 heavy (non-hydrogen) atoms. The quantitative estimate of drug-likeness (QED) is 0.573. The van der Waals surface area contributed by atoms with E-state index >= 15 is 0 Å². The first-order chi connectivity index (χ1) is 10.1. The molecule has 0 saturated heterocycles. The Balaban J connectivity index is 2.15. The third-order valence-corrected chi connectivity index (χ3v) is 3.39. The highest BCUT2D eigenvalue weighted by Crippen LogP contribution is 2.27. The van der Waals surface area contributed by atoms with Crippen LogP contribution in [0.4, 0.5) is 10.1 Å². The van der Waals surface area contributed by atoms with E-state index in [0.29, 0.717) is 16.7 Å². The second-order valence-electron chi connectivity index (χ2n) is 4.67. The lowest BCUT2D eigenvalue weighted by Crippen LogP contribution is -2.05. The summed E-state index contributed by atoms with van der Waals surface area (Å²) in [5, 5.41) is 0.711. The molecule has 3 rings (SSSR count). The Hall–Kier alpha value is -2.82. The molecule has 0 unspecified atom stereocenters. The van der Waals surface area contributed by atoms with E-state index in [1.807, 2.05) is 6.07 Å². The number of benzene rings is 2. The van der Waals surface area contributed by atoms with E-state index < -0.39 is 5.82 Å². The van der Waals surface area contributed by atoms with Crippen LogP contribution in [0.15, 0.2) is 42.6 Å². The summed E-state index contributed by atoms with van der Waals surface area (Å²) in [5.74, 6) is -0.181. The molecule has 0 fully saturated rings. The molecular formula is C16H13FN2O2. The Morgan fingerprint density at radius 1 is 1.19 bits per heavy atom. The fourth-order valence-electron chi connectivity index (χ4n) is 2.28. The molecule has 106 valence electrons. The third kappa shape index (κ3) is 2.23. The molecule has 1 heterocycles. The number of aromatic amines is 1. The van der Waals surface area contributed by atoms with E-state index in [4.69, 9.17) is 10.5 Å². The number of ketones is 1. The number of carbonyl (C=O) groups is 1. The maximum Gasteiger partial charge on any atom is 0.197 e. The van der Waals surface area contributed by atoms with Gasteiger partial charge in [-0.25, -0.2) is 4.39 Å². The first kappa shape index (κ1) is 13.2. The van der Waals surface area contributed by atoms with E-state index in [2.05, 4.69) is 4.98 Å². The van der Waals surface area contributed by atoms with Crippen molar-refractivity contribution in [1.29, 1.82) is 0 Å². The summed E-state index contributed by atoms with van der Waals surface area (Å²) in [7, 11) is 1.56. The fraction of sp³-hybridized carbons (Fsp3) is 0.0625. The zero-order chi connectivity index (χ0) is 15.0. The molecule has 3 N–H and O–H groups in total. The Labute approximate surface area is 120 Å². The van der Waals surface area contributed by atoms with Crippen molar-refractivity contribution in [2.45, 2.75) is 0 Å². The number of hydrogen-bond donors (Lipinski definition) is 2.